The molecule has 3 N–H and O–H groups in total. The number of nitrogens with one attached hydrogen (secondary N) is 1. The number of anilines is 1. The number of nitrogens with two attached hydrogens (primary N) is 1. The van der Waals surface area contributed by atoms with E-state index in [1.807, 2.05) is 30.3 Å². The molecule has 0 aliphatic carbocycles. The molecule has 1 aliphatic rings. The zero-order chi connectivity index (χ0) is 28.2. The molecule has 9 heteroatoms. The highest BCUT2D eigenvalue weighted by molar-refractivity contribution is 5.95. The smallest absolute Gasteiger partial charge is 0.267 e. The first-order valence-electron chi connectivity index (χ1n) is 13.5. The monoisotopic (exact) mass is 540 g/mol. The lowest BCUT2D eigenvalue weighted by molar-refractivity contribution is 0.0996. The van der Waals surface area contributed by atoms with E-state index in [2.05, 4.69) is 67.6 Å². The Kier molecular flexibility index (Phi) is 7.30. The van der Waals surface area contributed by atoms with E-state index < -0.39 is 5.91 Å². The largest absolute Gasteiger partial charge is 0.367 e. The van der Waals surface area contributed by atoms with Gasteiger partial charge in [-0.3, -0.25) is 9.69 Å². The van der Waals surface area contributed by atoms with Crippen molar-refractivity contribution in [1.82, 2.24) is 24.8 Å². The van der Waals surface area contributed by atoms with Gasteiger partial charge in [-0.15, -0.1) is 0 Å². The summed E-state index contributed by atoms with van der Waals surface area (Å²) < 4.78 is 0. The van der Waals surface area contributed by atoms with Crippen LogP contribution in [0.2, 0.25) is 0 Å². The van der Waals surface area contributed by atoms with Crippen LogP contribution in [0, 0.1) is 11.3 Å². The molecule has 1 amide bonds. The second-order valence-corrected chi connectivity index (χ2v) is 10.1. The highest BCUT2D eigenvalue weighted by Crippen LogP contribution is 2.33. The van der Waals surface area contributed by atoms with Gasteiger partial charge in [-0.05, 0) is 48.2 Å². The number of pyridine rings is 2. The number of carbonyl (C=O) groups is 1. The Balaban J connectivity index is 1.18. The van der Waals surface area contributed by atoms with Crippen molar-refractivity contribution in [3.05, 3.63) is 102 Å². The van der Waals surface area contributed by atoms with Gasteiger partial charge in [0.2, 0.25) is 5.82 Å². The van der Waals surface area contributed by atoms with Crippen molar-refractivity contribution >= 4 is 22.8 Å². The van der Waals surface area contributed by atoms with Crippen molar-refractivity contribution < 1.29 is 4.79 Å². The third-order valence-electron chi connectivity index (χ3n) is 7.34. The highest BCUT2D eigenvalue weighted by atomic mass is 16.1. The molecule has 0 unspecified atom stereocenters. The summed E-state index contributed by atoms with van der Waals surface area (Å²) >= 11 is 0. The van der Waals surface area contributed by atoms with Crippen LogP contribution in [0.15, 0.2) is 85.1 Å². The minimum Gasteiger partial charge on any atom is -0.367 e. The van der Waals surface area contributed by atoms with Crippen LogP contribution >= 0.6 is 0 Å². The van der Waals surface area contributed by atoms with Gasteiger partial charge in [0.05, 0.1) is 5.69 Å². The summed E-state index contributed by atoms with van der Waals surface area (Å²) in [5, 5.41) is 13.3. The minimum atomic E-state index is -0.575. The average Bonchev–Trinajstić information content (AvgIpc) is 3.02. The Morgan fingerprint density at radius 1 is 0.951 bits per heavy atom. The van der Waals surface area contributed by atoms with Gasteiger partial charge in [-0.2, -0.15) is 5.26 Å². The summed E-state index contributed by atoms with van der Waals surface area (Å²) in [5.74, 6) is 0.301. The Labute approximate surface area is 237 Å². The molecule has 0 atom stereocenters. The number of aromatic nitrogens is 4. The molecule has 1 saturated heterocycles. The van der Waals surface area contributed by atoms with Gasteiger partial charge in [-0.25, -0.2) is 19.9 Å². The number of hydrogen-bond acceptors (Lipinski definition) is 8. The van der Waals surface area contributed by atoms with Gasteiger partial charge < -0.3 is 11.1 Å². The fourth-order valence-electron chi connectivity index (χ4n) is 5.21. The predicted octanol–water partition coefficient (Wildman–Crippen LogP) is 4.80. The van der Waals surface area contributed by atoms with Crippen LogP contribution in [0.4, 0.5) is 5.82 Å². The summed E-state index contributed by atoms with van der Waals surface area (Å²) in [5.41, 5.74) is 11.2. The molecule has 202 valence electrons. The summed E-state index contributed by atoms with van der Waals surface area (Å²) in [6, 6.07) is 28.3. The van der Waals surface area contributed by atoms with Gasteiger partial charge in [0.1, 0.15) is 17.6 Å². The maximum Gasteiger partial charge on any atom is 0.267 e. The van der Waals surface area contributed by atoms with Crippen LogP contribution in [0.5, 0.6) is 0 Å². The topological polar surface area (TPSA) is 134 Å². The fraction of sp³-hybridized carbons (Fsp3) is 0.188. The molecule has 5 aromatic rings. The molecule has 0 spiro atoms. The molecule has 2 aromatic carbocycles. The third kappa shape index (κ3) is 5.88. The number of hydrogen-bond donors (Lipinski definition) is 2. The van der Waals surface area contributed by atoms with Crippen LogP contribution in [-0.4, -0.2) is 49.9 Å². The molecule has 41 heavy (non-hydrogen) atoms. The second kappa shape index (κ2) is 11.5. The molecular formula is C32H28N8O. The Hall–Kier alpha value is -5.20. The van der Waals surface area contributed by atoms with Crippen molar-refractivity contribution in [3.63, 3.8) is 0 Å². The number of nitriles is 1. The average molecular weight is 541 g/mol. The van der Waals surface area contributed by atoms with Crippen molar-refractivity contribution in [2.75, 3.05) is 18.4 Å². The maximum absolute atomic E-state index is 11.7. The lowest BCUT2D eigenvalue weighted by Crippen LogP contribution is -2.38. The van der Waals surface area contributed by atoms with Crippen LogP contribution in [0.25, 0.3) is 33.4 Å². The van der Waals surface area contributed by atoms with Gasteiger partial charge >= 0.3 is 0 Å². The molecule has 1 aliphatic heterocycles. The van der Waals surface area contributed by atoms with E-state index in [0.29, 0.717) is 17.5 Å². The Bertz CT molecular complexity index is 1740. The predicted molar refractivity (Wildman–Crippen MR) is 158 cm³/mol. The van der Waals surface area contributed by atoms with E-state index in [4.69, 9.17) is 16.0 Å². The van der Waals surface area contributed by atoms with Crippen LogP contribution < -0.4 is 11.1 Å². The number of rotatable bonds is 7. The molecule has 0 saturated carbocycles. The number of nitrogens with zero attached hydrogens (tertiary/aromatic N) is 6. The van der Waals surface area contributed by atoms with E-state index in [9.17, 15) is 4.79 Å². The molecule has 1 fully saturated rings. The number of primary amides is 1. The maximum atomic E-state index is 11.7. The number of carbonyl (C=O) groups excluding carboxylic acids is 1. The Morgan fingerprint density at radius 2 is 1.73 bits per heavy atom. The number of amides is 1. The summed E-state index contributed by atoms with van der Waals surface area (Å²) in [4.78, 5) is 31.7. The van der Waals surface area contributed by atoms with Gasteiger partial charge in [0.15, 0.2) is 5.65 Å². The lowest BCUT2D eigenvalue weighted by atomic mass is 9.97. The quantitative estimate of drug-likeness (QED) is 0.301. The minimum absolute atomic E-state index is 0.178. The van der Waals surface area contributed by atoms with Crippen LogP contribution in [-0.2, 0) is 6.54 Å². The molecular weight excluding hydrogens is 512 g/mol. The zero-order valence-corrected chi connectivity index (χ0v) is 22.4. The SMILES string of the molecule is N#Cc1nccc(NC2CCN(Cc3ccc(-c4nc5nc(C(N)=O)ccc5cc4-c4ccccc4)cc3)CC2)n1. The molecule has 0 radical (unpaired) electrons. The molecule has 4 heterocycles. The van der Waals surface area contributed by atoms with Gasteiger partial charge in [0, 0.05) is 48.4 Å². The van der Waals surface area contributed by atoms with Crippen LogP contribution in [0.1, 0.15) is 34.7 Å². The van der Waals surface area contributed by atoms with E-state index >= 15 is 0 Å². The van der Waals surface area contributed by atoms with E-state index in [1.54, 1.807) is 18.3 Å². The van der Waals surface area contributed by atoms with Gasteiger partial charge in [-0.1, -0.05) is 54.6 Å². The van der Waals surface area contributed by atoms with Gasteiger partial charge in [0.25, 0.3) is 5.91 Å². The summed E-state index contributed by atoms with van der Waals surface area (Å²) in [6.07, 6.45) is 3.59. The number of likely N-dealkylation sites (tertiary alicyclic amines) is 1. The standard InChI is InChI=1S/C32H28N8O/c33-19-29-35-15-12-28(38-29)36-25-13-16-40(17-14-25)20-21-6-8-23(9-7-21)30-26(22-4-2-1-3-5-22)18-24-10-11-27(31(34)41)37-32(24)39-30/h1-12,15,18,25H,13-14,16-17,20H2,(H2,34,41)(H,35,36,38). The van der Waals surface area contributed by atoms with E-state index in [0.717, 1.165) is 60.2 Å². The molecule has 6 rings (SSSR count). The third-order valence-corrected chi connectivity index (χ3v) is 7.34. The first kappa shape index (κ1) is 26.0. The fourth-order valence-corrected chi connectivity index (χ4v) is 5.21. The van der Waals surface area contributed by atoms with Crippen molar-refractivity contribution in [2.45, 2.75) is 25.4 Å². The summed E-state index contributed by atoms with van der Waals surface area (Å²) in [7, 11) is 0. The number of fused-ring (bicyclic) bond motifs is 1. The number of piperidine rings is 1. The normalized spacial score (nSPS) is 14.0. The highest BCUT2D eigenvalue weighted by Gasteiger charge is 2.20. The zero-order valence-electron chi connectivity index (χ0n) is 22.4. The molecule has 3 aromatic heterocycles. The molecule has 0 bridgehead atoms. The first-order chi connectivity index (χ1) is 20.1. The van der Waals surface area contributed by atoms with Crippen molar-refractivity contribution in [2.24, 2.45) is 5.73 Å². The molecule has 9 nitrogen and oxygen atoms in total. The van der Waals surface area contributed by atoms with Crippen molar-refractivity contribution in [3.8, 4) is 28.5 Å². The van der Waals surface area contributed by atoms with Crippen LogP contribution in [0.3, 0.4) is 0 Å². The van der Waals surface area contributed by atoms with E-state index in [-0.39, 0.29) is 11.5 Å². The first-order valence-corrected chi connectivity index (χ1v) is 13.5. The van der Waals surface area contributed by atoms with Crippen molar-refractivity contribution in [1.29, 1.82) is 5.26 Å². The summed E-state index contributed by atoms with van der Waals surface area (Å²) in [6.45, 7) is 2.79. The Morgan fingerprint density at radius 3 is 2.46 bits per heavy atom. The lowest BCUT2D eigenvalue weighted by Gasteiger charge is -2.32. The second-order valence-electron chi connectivity index (χ2n) is 10.1. The number of benzene rings is 2. The van der Waals surface area contributed by atoms with E-state index in [1.165, 1.54) is 5.56 Å².